The zero-order valence-electron chi connectivity index (χ0n) is 17.5. The van der Waals surface area contributed by atoms with Gasteiger partial charge >= 0.3 is 0 Å². The minimum Gasteiger partial charge on any atom is -0.368 e. The Morgan fingerprint density at radius 3 is 2.52 bits per heavy atom. The standard InChI is InChI=1S/C24H25N5O2/c1-15-5-4-10-29(15)21(30)12-16-8-9-20-19(11-16)22(27-24(25)26-20)23(31)28-13-17-6-2-3-7-18(17)14-28/h2-3,6-9,11,15H,4-5,10,12-14H2,1H3,(H2,25,26,27). The molecule has 1 atom stereocenters. The molecule has 0 spiro atoms. The Morgan fingerprint density at radius 2 is 1.84 bits per heavy atom. The third-order valence-corrected chi connectivity index (χ3v) is 6.34. The van der Waals surface area contributed by atoms with Gasteiger partial charge < -0.3 is 15.5 Å². The number of amides is 2. The summed E-state index contributed by atoms with van der Waals surface area (Å²) in [5, 5.41) is 0.634. The molecule has 31 heavy (non-hydrogen) atoms. The predicted molar refractivity (Wildman–Crippen MR) is 118 cm³/mol. The van der Waals surface area contributed by atoms with Gasteiger partial charge in [0.25, 0.3) is 5.91 Å². The fraction of sp³-hybridized carbons (Fsp3) is 0.333. The zero-order valence-corrected chi connectivity index (χ0v) is 17.5. The van der Waals surface area contributed by atoms with Gasteiger partial charge in [-0.2, -0.15) is 0 Å². The van der Waals surface area contributed by atoms with Crippen molar-refractivity contribution in [2.75, 3.05) is 12.3 Å². The highest BCUT2D eigenvalue weighted by Crippen LogP contribution is 2.27. The molecular formula is C24H25N5O2. The molecule has 0 aliphatic carbocycles. The van der Waals surface area contributed by atoms with E-state index in [1.165, 1.54) is 0 Å². The number of fused-ring (bicyclic) bond motifs is 2. The van der Waals surface area contributed by atoms with E-state index in [1.807, 2.05) is 47.4 Å². The minimum absolute atomic E-state index is 0.0716. The maximum absolute atomic E-state index is 13.4. The number of likely N-dealkylation sites (tertiary alicyclic amines) is 1. The lowest BCUT2D eigenvalue weighted by atomic mass is 10.1. The van der Waals surface area contributed by atoms with Crippen molar-refractivity contribution in [3.05, 3.63) is 64.8 Å². The van der Waals surface area contributed by atoms with E-state index in [2.05, 4.69) is 16.9 Å². The van der Waals surface area contributed by atoms with Crippen LogP contribution in [0.5, 0.6) is 0 Å². The topological polar surface area (TPSA) is 92.4 Å². The SMILES string of the molecule is CC1CCCN1C(=O)Cc1ccc2nc(N)nc(C(=O)N3Cc4ccccc4C3)c2c1. The molecular weight excluding hydrogens is 390 g/mol. The largest absolute Gasteiger partial charge is 0.368 e. The molecule has 3 aromatic rings. The second kappa shape index (κ2) is 7.65. The fourth-order valence-corrected chi connectivity index (χ4v) is 4.67. The van der Waals surface area contributed by atoms with Gasteiger partial charge in [0.1, 0.15) is 5.69 Å². The molecule has 7 nitrogen and oxygen atoms in total. The van der Waals surface area contributed by atoms with Crippen LogP contribution in [0.25, 0.3) is 10.9 Å². The Bertz CT molecular complexity index is 1170. The summed E-state index contributed by atoms with van der Waals surface area (Å²) in [6, 6.07) is 13.9. The first-order valence-corrected chi connectivity index (χ1v) is 10.7. The van der Waals surface area contributed by atoms with Gasteiger partial charge in [0.15, 0.2) is 0 Å². The van der Waals surface area contributed by atoms with Crippen LogP contribution in [-0.4, -0.2) is 44.2 Å². The van der Waals surface area contributed by atoms with E-state index >= 15 is 0 Å². The molecule has 0 radical (unpaired) electrons. The number of carbonyl (C=O) groups is 2. The number of nitrogens with zero attached hydrogens (tertiary/aromatic N) is 4. The van der Waals surface area contributed by atoms with E-state index < -0.39 is 0 Å². The summed E-state index contributed by atoms with van der Waals surface area (Å²) in [5.74, 6) is 0.0119. The van der Waals surface area contributed by atoms with E-state index in [0.717, 1.165) is 36.1 Å². The van der Waals surface area contributed by atoms with Crippen molar-refractivity contribution >= 4 is 28.7 Å². The van der Waals surface area contributed by atoms with Crippen molar-refractivity contribution < 1.29 is 9.59 Å². The lowest BCUT2D eigenvalue weighted by Crippen LogP contribution is -2.34. The Balaban J connectivity index is 1.46. The second-order valence-corrected chi connectivity index (χ2v) is 8.47. The number of nitrogen functional groups attached to an aromatic ring is 1. The van der Waals surface area contributed by atoms with Gasteiger partial charge in [0, 0.05) is 31.1 Å². The van der Waals surface area contributed by atoms with Crippen LogP contribution in [0.4, 0.5) is 5.95 Å². The second-order valence-electron chi connectivity index (χ2n) is 8.47. The summed E-state index contributed by atoms with van der Waals surface area (Å²) in [6.07, 6.45) is 2.40. The molecule has 3 heterocycles. The number of benzene rings is 2. The van der Waals surface area contributed by atoms with Crippen LogP contribution in [0.15, 0.2) is 42.5 Å². The van der Waals surface area contributed by atoms with Crippen LogP contribution in [0.2, 0.25) is 0 Å². The number of hydrogen-bond donors (Lipinski definition) is 1. The Labute approximate surface area is 180 Å². The third-order valence-electron chi connectivity index (χ3n) is 6.34. The number of hydrogen-bond acceptors (Lipinski definition) is 5. The average molecular weight is 415 g/mol. The molecule has 1 fully saturated rings. The molecule has 1 saturated heterocycles. The van der Waals surface area contributed by atoms with Crippen LogP contribution in [-0.2, 0) is 24.3 Å². The lowest BCUT2D eigenvalue weighted by Gasteiger charge is -2.21. The molecule has 7 heteroatoms. The van der Waals surface area contributed by atoms with Gasteiger partial charge in [-0.25, -0.2) is 9.97 Å². The van der Waals surface area contributed by atoms with Crippen LogP contribution in [0.1, 0.15) is 46.9 Å². The van der Waals surface area contributed by atoms with Gasteiger partial charge in [-0.3, -0.25) is 9.59 Å². The van der Waals surface area contributed by atoms with Crippen molar-refractivity contribution in [2.24, 2.45) is 0 Å². The smallest absolute Gasteiger partial charge is 0.273 e. The number of aromatic nitrogens is 2. The first-order valence-electron chi connectivity index (χ1n) is 10.7. The molecule has 0 bridgehead atoms. The van der Waals surface area contributed by atoms with Crippen LogP contribution >= 0.6 is 0 Å². The van der Waals surface area contributed by atoms with Crippen molar-refractivity contribution in [3.8, 4) is 0 Å². The number of rotatable bonds is 3. The molecule has 2 aromatic carbocycles. The number of carbonyl (C=O) groups excluding carboxylic acids is 2. The first kappa shape index (κ1) is 19.5. The summed E-state index contributed by atoms with van der Waals surface area (Å²) in [4.78, 5) is 38.4. The average Bonchev–Trinajstić information content (AvgIpc) is 3.39. The molecule has 158 valence electrons. The summed E-state index contributed by atoms with van der Waals surface area (Å²) >= 11 is 0. The van der Waals surface area contributed by atoms with Gasteiger partial charge in [-0.05, 0) is 48.6 Å². The van der Waals surface area contributed by atoms with E-state index in [-0.39, 0.29) is 23.8 Å². The highest BCUT2D eigenvalue weighted by atomic mass is 16.2. The van der Waals surface area contributed by atoms with Crippen molar-refractivity contribution in [1.29, 1.82) is 0 Å². The minimum atomic E-state index is -0.174. The third kappa shape index (κ3) is 3.60. The van der Waals surface area contributed by atoms with Crippen molar-refractivity contribution in [3.63, 3.8) is 0 Å². The Hall–Kier alpha value is -3.48. The van der Waals surface area contributed by atoms with Gasteiger partial charge in [0.05, 0.1) is 11.9 Å². The van der Waals surface area contributed by atoms with Crippen LogP contribution < -0.4 is 5.73 Å². The van der Waals surface area contributed by atoms with E-state index in [4.69, 9.17) is 5.73 Å². The molecule has 5 rings (SSSR count). The molecule has 2 N–H and O–H groups in total. The molecule has 2 aliphatic heterocycles. The Morgan fingerprint density at radius 1 is 1.10 bits per heavy atom. The summed E-state index contributed by atoms with van der Waals surface area (Å²) in [5.41, 5.74) is 9.95. The van der Waals surface area contributed by atoms with E-state index in [0.29, 0.717) is 36.1 Å². The maximum Gasteiger partial charge on any atom is 0.273 e. The maximum atomic E-state index is 13.4. The summed E-state index contributed by atoms with van der Waals surface area (Å²) < 4.78 is 0. The highest BCUT2D eigenvalue weighted by Gasteiger charge is 2.28. The zero-order chi connectivity index (χ0) is 21.5. The first-order chi connectivity index (χ1) is 15.0. The molecule has 2 amide bonds. The number of anilines is 1. The lowest BCUT2D eigenvalue weighted by molar-refractivity contribution is -0.130. The molecule has 0 saturated carbocycles. The summed E-state index contributed by atoms with van der Waals surface area (Å²) in [7, 11) is 0. The van der Waals surface area contributed by atoms with E-state index in [1.54, 1.807) is 4.90 Å². The van der Waals surface area contributed by atoms with Gasteiger partial charge in [-0.15, -0.1) is 0 Å². The normalized spacial score (nSPS) is 17.9. The number of nitrogens with two attached hydrogens (primary N) is 1. The monoisotopic (exact) mass is 415 g/mol. The van der Waals surface area contributed by atoms with Gasteiger partial charge in [-0.1, -0.05) is 30.3 Å². The molecule has 2 aliphatic rings. The van der Waals surface area contributed by atoms with Crippen molar-refractivity contribution in [1.82, 2.24) is 19.8 Å². The Kier molecular flexibility index (Phi) is 4.81. The molecule has 1 aromatic heterocycles. The highest BCUT2D eigenvalue weighted by molar-refractivity contribution is 6.05. The fourth-order valence-electron chi connectivity index (χ4n) is 4.67. The van der Waals surface area contributed by atoms with Crippen LogP contribution in [0.3, 0.4) is 0 Å². The molecule has 1 unspecified atom stereocenters. The van der Waals surface area contributed by atoms with E-state index in [9.17, 15) is 9.59 Å². The predicted octanol–water partition coefficient (Wildman–Crippen LogP) is 2.92. The van der Waals surface area contributed by atoms with Crippen molar-refractivity contribution in [2.45, 2.75) is 45.3 Å². The van der Waals surface area contributed by atoms with Crippen LogP contribution in [0, 0.1) is 0 Å². The quantitative estimate of drug-likeness (QED) is 0.710. The van der Waals surface area contributed by atoms with Gasteiger partial charge in [0.2, 0.25) is 11.9 Å². The summed E-state index contributed by atoms with van der Waals surface area (Å²) in [6.45, 7) is 4.00.